The number of carbonyl (C=O) groups is 1. The molecular weight excluding hydrogens is 272 g/mol. The zero-order valence-corrected chi connectivity index (χ0v) is 12.8. The smallest absolute Gasteiger partial charge is 0.222 e. The van der Waals surface area contributed by atoms with Gasteiger partial charge in [0.1, 0.15) is 5.75 Å². The molecule has 1 aliphatic rings. The lowest BCUT2D eigenvalue weighted by molar-refractivity contribution is -0.122. The Hall–Kier alpha value is -1.20. The molecule has 0 aliphatic carbocycles. The highest BCUT2D eigenvalue weighted by molar-refractivity contribution is 7.99. The van der Waals surface area contributed by atoms with Gasteiger partial charge in [-0.05, 0) is 24.6 Å². The molecule has 2 N–H and O–H groups in total. The van der Waals surface area contributed by atoms with Crippen LogP contribution in [0.1, 0.15) is 24.9 Å². The molecule has 20 heavy (non-hydrogen) atoms. The molecular formula is C15H22N2O2S. The summed E-state index contributed by atoms with van der Waals surface area (Å²) < 4.78 is 5.13. The second-order valence-corrected chi connectivity index (χ2v) is 6.14. The summed E-state index contributed by atoms with van der Waals surface area (Å²) in [5.41, 5.74) is 1.09. The third-order valence-electron chi connectivity index (χ3n) is 3.42. The second kappa shape index (κ2) is 7.55. The van der Waals surface area contributed by atoms with Gasteiger partial charge in [-0.25, -0.2) is 0 Å². The van der Waals surface area contributed by atoms with Gasteiger partial charge in [-0.2, -0.15) is 11.8 Å². The molecule has 1 unspecified atom stereocenters. The molecule has 2 rings (SSSR count). The first-order valence-corrected chi connectivity index (χ1v) is 8.09. The third kappa shape index (κ3) is 4.42. The number of rotatable bonds is 5. The fraction of sp³-hybridized carbons (Fsp3) is 0.533. The van der Waals surface area contributed by atoms with E-state index in [1.165, 1.54) is 0 Å². The molecule has 5 heteroatoms. The van der Waals surface area contributed by atoms with Gasteiger partial charge in [0, 0.05) is 30.5 Å². The van der Waals surface area contributed by atoms with Crippen LogP contribution in [0, 0.1) is 0 Å². The van der Waals surface area contributed by atoms with E-state index >= 15 is 0 Å². The normalized spacial score (nSPS) is 20.2. The van der Waals surface area contributed by atoms with Gasteiger partial charge < -0.3 is 15.4 Å². The van der Waals surface area contributed by atoms with Crippen molar-refractivity contribution in [1.29, 1.82) is 0 Å². The van der Waals surface area contributed by atoms with Crippen molar-refractivity contribution in [2.45, 2.75) is 25.4 Å². The summed E-state index contributed by atoms with van der Waals surface area (Å²) in [6.07, 6.45) is 0.549. The molecule has 4 nitrogen and oxygen atoms in total. The zero-order chi connectivity index (χ0) is 14.4. The molecule has 1 saturated heterocycles. The molecule has 2 atom stereocenters. The number of hydrogen-bond donors (Lipinski definition) is 2. The van der Waals surface area contributed by atoms with E-state index in [1.807, 2.05) is 43.0 Å². The number of benzene rings is 1. The Morgan fingerprint density at radius 3 is 2.85 bits per heavy atom. The van der Waals surface area contributed by atoms with E-state index < -0.39 is 0 Å². The van der Waals surface area contributed by atoms with Crippen LogP contribution in [0.3, 0.4) is 0 Å². The topological polar surface area (TPSA) is 50.4 Å². The highest BCUT2D eigenvalue weighted by Gasteiger charge is 2.18. The predicted octanol–water partition coefficient (Wildman–Crippen LogP) is 1.97. The van der Waals surface area contributed by atoms with Crippen LogP contribution in [0.2, 0.25) is 0 Å². The summed E-state index contributed by atoms with van der Waals surface area (Å²) in [4.78, 5) is 12.0. The van der Waals surface area contributed by atoms with Crippen molar-refractivity contribution in [3.63, 3.8) is 0 Å². The van der Waals surface area contributed by atoms with Gasteiger partial charge in [0.2, 0.25) is 5.91 Å². The van der Waals surface area contributed by atoms with Crippen LogP contribution in [0.5, 0.6) is 5.75 Å². The highest BCUT2D eigenvalue weighted by atomic mass is 32.2. The molecule has 0 bridgehead atoms. The molecule has 1 fully saturated rings. The molecule has 1 aromatic carbocycles. The summed E-state index contributed by atoms with van der Waals surface area (Å²) in [5.74, 6) is 3.09. The van der Waals surface area contributed by atoms with Gasteiger partial charge in [0.25, 0.3) is 0 Å². The Labute approximate surface area is 124 Å². The van der Waals surface area contributed by atoms with Crippen molar-refractivity contribution >= 4 is 17.7 Å². The number of carbonyl (C=O) groups excluding carboxylic acids is 1. The number of thioether (sulfide) groups is 1. The first-order chi connectivity index (χ1) is 9.69. The second-order valence-electron chi connectivity index (χ2n) is 4.99. The summed E-state index contributed by atoms with van der Waals surface area (Å²) in [7, 11) is 1.65. The van der Waals surface area contributed by atoms with Gasteiger partial charge in [0.05, 0.1) is 13.2 Å². The van der Waals surface area contributed by atoms with Crippen molar-refractivity contribution in [2.75, 3.05) is 25.2 Å². The molecule has 0 aromatic heterocycles. The standard InChI is InChI=1S/C15H22N2O2S/c1-11(12-3-5-14(19-2)6-4-12)17-15(18)9-13-10-20-8-7-16-13/h3-6,11,13,16H,7-10H2,1-2H3,(H,17,18)/t11-,13?/m0/s1. The van der Waals surface area contributed by atoms with Gasteiger partial charge in [-0.3, -0.25) is 4.79 Å². The summed E-state index contributed by atoms with van der Waals surface area (Å²) in [5, 5.41) is 6.43. The van der Waals surface area contributed by atoms with Crippen LogP contribution in [0.15, 0.2) is 24.3 Å². The lowest BCUT2D eigenvalue weighted by Crippen LogP contribution is -2.41. The Morgan fingerprint density at radius 1 is 1.50 bits per heavy atom. The van der Waals surface area contributed by atoms with E-state index in [1.54, 1.807) is 7.11 Å². The molecule has 1 aliphatic heterocycles. The van der Waals surface area contributed by atoms with Crippen molar-refractivity contribution in [3.8, 4) is 5.75 Å². The van der Waals surface area contributed by atoms with Crippen molar-refractivity contribution in [3.05, 3.63) is 29.8 Å². The summed E-state index contributed by atoms with van der Waals surface area (Å²) in [6.45, 7) is 3.00. The lowest BCUT2D eigenvalue weighted by Gasteiger charge is -2.23. The summed E-state index contributed by atoms with van der Waals surface area (Å²) in [6, 6.07) is 8.12. The minimum atomic E-state index is 0.0182. The number of hydrogen-bond acceptors (Lipinski definition) is 4. The van der Waals surface area contributed by atoms with Gasteiger partial charge in [-0.15, -0.1) is 0 Å². The van der Waals surface area contributed by atoms with E-state index in [0.29, 0.717) is 12.5 Å². The molecule has 1 heterocycles. The van der Waals surface area contributed by atoms with E-state index in [0.717, 1.165) is 29.4 Å². The van der Waals surface area contributed by atoms with Gasteiger partial charge >= 0.3 is 0 Å². The van der Waals surface area contributed by atoms with E-state index in [-0.39, 0.29) is 11.9 Å². The minimum Gasteiger partial charge on any atom is -0.497 e. The van der Waals surface area contributed by atoms with Crippen molar-refractivity contribution < 1.29 is 9.53 Å². The Bertz CT molecular complexity index is 430. The quantitative estimate of drug-likeness (QED) is 0.872. The van der Waals surface area contributed by atoms with Crippen LogP contribution >= 0.6 is 11.8 Å². The van der Waals surface area contributed by atoms with Crippen molar-refractivity contribution in [2.24, 2.45) is 0 Å². The van der Waals surface area contributed by atoms with Gasteiger partial charge in [-0.1, -0.05) is 12.1 Å². The highest BCUT2D eigenvalue weighted by Crippen LogP contribution is 2.17. The maximum atomic E-state index is 12.0. The zero-order valence-electron chi connectivity index (χ0n) is 12.0. The Balaban J connectivity index is 1.82. The van der Waals surface area contributed by atoms with Crippen LogP contribution < -0.4 is 15.4 Å². The number of methoxy groups -OCH3 is 1. The minimum absolute atomic E-state index is 0.0182. The van der Waals surface area contributed by atoms with E-state index in [4.69, 9.17) is 4.74 Å². The number of nitrogens with one attached hydrogen (secondary N) is 2. The van der Waals surface area contributed by atoms with Crippen molar-refractivity contribution in [1.82, 2.24) is 10.6 Å². The Kier molecular flexibility index (Phi) is 5.73. The molecule has 1 aromatic rings. The van der Waals surface area contributed by atoms with E-state index in [2.05, 4.69) is 10.6 Å². The predicted molar refractivity (Wildman–Crippen MR) is 83.3 cm³/mol. The van der Waals surface area contributed by atoms with E-state index in [9.17, 15) is 4.79 Å². The fourth-order valence-corrected chi connectivity index (χ4v) is 3.20. The molecule has 0 radical (unpaired) electrons. The lowest BCUT2D eigenvalue weighted by atomic mass is 10.1. The molecule has 0 saturated carbocycles. The van der Waals surface area contributed by atoms with Crippen LogP contribution in [-0.4, -0.2) is 37.1 Å². The maximum absolute atomic E-state index is 12.0. The molecule has 0 spiro atoms. The van der Waals surface area contributed by atoms with Crippen LogP contribution in [0.25, 0.3) is 0 Å². The average molecular weight is 294 g/mol. The first-order valence-electron chi connectivity index (χ1n) is 6.93. The number of amides is 1. The maximum Gasteiger partial charge on any atom is 0.222 e. The first kappa shape index (κ1) is 15.2. The fourth-order valence-electron chi connectivity index (χ4n) is 2.25. The number of ether oxygens (including phenoxy) is 1. The Morgan fingerprint density at radius 2 is 2.25 bits per heavy atom. The summed E-state index contributed by atoms with van der Waals surface area (Å²) >= 11 is 1.91. The average Bonchev–Trinajstić information content (AvgIpc) is 2.48. The SMILES string of the molecule is COc1ccc([C@H](C)NC(=O)CC2CSCCN2)cc1. The monoisotopic (exact) mass is 294 g/mol. The third-order valence-corrected chi connectivity index (χ3v) is 4.55. The van der Waals surface area contributed by atoms with Crippen LogP contribution in [0.4, 0.5) is 0 Å². The molecule has 1 amide bonds. The van der Waals surface area contributed by atoms with Crippen LogP contribution in [-0.2, 0) is 4.79 Å². The molecule has 110 valence electrons. The van der Waals surface area contributed by atoms with Gasteiger partial charge in [0.15, 0.2) is 0 Å². The largest absolute Gasteiger partial charge is 0.497 e.